The summed E-state index contributed by atoms with van der Waals surface area (Å²) in [6, 6.07) is 0.748. The van der Waals surface area contributed by atoms with Gasteiger partial charge in [-0.1, -0.05) is 12.8 Å². The Hall–Kier alpha value is -1.29. The molecule has 2 aliphatic carbocycles. The topological polar surface area (TPSA) is 22.6 Å². The highest BCUT2D eigenvalue weighted by atomic mass is 15.3. The molecule has 1 aromatic rings. The van der Waals surface area contributed by atoms with Crippen molar-refractivity contribution >= 4 is 11.4 Å². The quantitative estimate of drug-likeness (QED) is 0.787. The summed E-state index contributed by atoms with van der Waals surface area (Å²) in [5.41, 5.74) is 7.85. The molecular weight excluding hydrogens is 344 g/mol. The van der Waals surface area contributed by atoms with E-state index in [2.05, 4.69) is 14.7 Å². The number of hydrogen-bond acceptors (Lipinski definition) is 4. The number of aryl methyl sites for hydroxylation is 1. The highest BCUT2D eigenvalue weighted by molar-refractivity contribution is 5.82. The van der Waals surface area contributed by atoms with Gasteiger partial charge in [0, 0.05) is 43.8 Å². The second-order valence-corrected chi connectivity index (χ2v) is 9.87. The summed E-state index contributed by atoms with van der Waals surface area (Å²) in [6.45, 7) is 7.59. The number of likely N-dealkylation sites (tertiary alicyclic amines) is 1. The van der Waals surface area contributed by atoms with Crippen molar-refractivity contribution in [1.82, 2.24) is 9.88 Å². The van der Waals surface area contributed by atoms with Crippen LogP contribution < -0.4 is 9.80 Å². The molecule has 3 aliphatic heterocycles. The van der Waals surface area contributed by atoms with Crippen LogP contribution in [0.4, 0.5) is 11.4 Å². The Labute approximate surface area is 170 Å². The zero-order chi connectivity index (χ0) is 18.5. The zero-order valence-electron chi connectivity index (χ0n) is 17.5. The molecule has 0 aromatic carbocycles. The number of anilines is 2. The Morgan fingerprint density at radius 3 is 2.54 bits per heavy atom. The average Bonchev–Trinajstić information content (AvgIpc) is 3.31. The van der Waals surface area contributed by atoms with Crippen molar-refractivity contribution in [2.75, 3.05) is 49.1 Å². The van der Waals surface area contributed by atoms with Crippen molar-refractivity contribution in [2.24, 2.45) is 0 Å². The molecule has 152 valence electrons. The van der Waals surface area contributed by atoms with Gasteiger partial charge in [-0.3, -0.25) is 4.98 Å². The fraction of sp³-hybridized carbons (Fsp3) is 0.792. The van der Waals surface area contributed by atoms with Crippen molar-refractivity contribution in [3.05, 3.63) is 17.0 Å². The van der Waals surface area contributed by atoms with Crippen LogP contribution in [0.1, 0.15) is 80.7 Å². The summed E-state index contributed by atoms with van der Waals surface area (Å²) >= 11 is 0. The molecule has 2 fully saturated rings. The molecule has 0 amide bonds. The molecule has 0 spiro atoms. The van der Waals surface area contributed by atoms with E-state index in [-0.39, 0.29) is 0 Å². The molecule has 4 nitrogen and oxygen atoms in total. The SMILES string of the molecule is C1CCc2c(nc3c4c2N(CCN2CCCC2)CCCN4C2CCCCC32)C1. The van der Waals surface area contributed by atoms with E-state index >= 15 is 0 Å². The second kappa shape index (κ2) is 7.19. The van der Waals surface area contributed by atoms with Crippen LogP contribution in [0.2, 0.25) is 0 Å². The van der Waals surface area contributed by atoms with E-state index in [1.807, 2.05) is 0 Å². The van der Waals surface area contributed by atoms with Crippen LogP contribution in [0.25, 0.3) is 0 Å². The summed E-state index contributed by atoms with van der Waals surface area (Å²) in [5, 5.41) is 0. The lowest BCUT2D eigenvalue weighted by molar-refractivity contribution is 0.344. The van der Waals surface area contributed by atoms with E-state index in [1.165, 1.54) is 121 Å². The van der Waals surface area contributed by atoms with E-state index in [0.717, 1.165) is 6.04 Å². The summed E-state index contributed by atoms with van der Waals surface area (Å²) in [5.74, 6) is 0.716. The molecule has 1 saturated carbocycles. The molecule has 6 rings (SSSR count). The maximum atomic E-state index is 5.41. The van der Waals surface area contributed by atoms with Crippen LogP contribution in [-0.2, 0) is 12.8 Å². The molecule has 5 aliphatic rings. The lowest BCUT2D eigenvalue weighted by Gasteiger charge is -2.33. The highest BCUT2D eigenvalue weighted by Gasteiger charge is 2.45. The fourth-order valence-corrected chi connectivity index (χ4v) is 6.90. The van der Waals surface area contributed by atoms with Gasteiger partial charge in [-0.2, -0.15) is 0 Å². The smallest absolute Gasteiger partial charge is 0.0832 e. The third-order valence-corrected chi connectivity index (χ3v) is 8.24. The largest absolute Gasteiger partial charge is 0.368 e. The number of nitrogens with zero attached hydrogens (tertiary/aromatic N) is 4. The van der Waals surface area contributed by atoms with Crippen LogP contribution in [0.3, 0.4) is 0 Å². The molecule has 1 aromatic heterocycles. The standard InChI is InChI=1S/C24H36N4/c1-3-10-20-18(8-1)23-24-22(25-20)19-9-2-4-11-21(19)28(24)15-7-14-27(23)17-16-26-12-5-6-13-26/h19,21H,1-17H2. The minimum atomic E-state index is 0.716. The third kappa shape index (κ3) is 2.78. The van der Waals surface area contributed by atoms with Gasteiger partial charge in [-0.15, -0.1) is 0 Å². The first kappa shape index (κ1) is 17.6. The first-order valence-electron chi connectivity index (χ1n) is 12.2. The van der Waals surface area contributed by atoms with Gasteiger partial charge in [0.05, 0.1) is 17.1 Å². The van der Waals surface area contributed by atoms with E-state index in [0.29, 0.717) is 5.92 Å². The average molecular weight is 381 g/mol. The van der Waals surface area contributed by atoms with E-state index in [1.54, 1.807) is 16.9 Å². The molecule has 1 saturated heterocycles. The van der Waals surface area contributed by atoms with Gasteiger partial charge in [0.15, 0.2) is 0 Å². The summed E-state index contributed by atoms with van der Waals surface area (Å²) < 4.78 is 0. The third-order valence-electron chi connectivity index (χ3n) is 8.24. The first-order valence-corrected chi connectivity index (χ1v) is 12.2. The molecule has 28 heavy (non-hydrogen) atoms. The van der Waals surface area contributed by atoms with E-state index in [4.69, 9.17) is 4.98 Å². The van der Waals surface area contributed by atoms with Crippen LogP contribution in [0.5, 0.6) is 0 Å². The highest BCUT2D eigenvalue weighted by Crippen LogP contribution is 2.53. The van der Waals surface area contributed by atoms with E-state index < -0.39 is 0 Å². The van der Waals surface area contributed by atoms with Crippen molar-refractivity contribution in [2.45, 2.75) is 82.6 Å². The minimum Gasteiger partial charge on any atom is -0.368 e. The predicted molar refractivity (Wildman–Crippen MR) is 116 cm³/mol. The van der Waals surface area contributed by atoms with Crippen molar-refractivity contribution in [1.29, 1.82) is 0 Å². The van der Waals surface area contributed by atoms with Gasteiger partial charge in [0.25, 0.3) is 0 Å². The molecular formula is C24H36N4. The number of fused-ring (bicyclic) bond motifs is 5. The summed E-state index contributed by atoms with van der Waals surface area (Å²) in [7, 11) is 0. The zero-order valence-corrected chi connectivity index (χ0v) is 17.5. The number of rotatable bonds is 3. The van der Waals surface area contributed by atoms with Crippen LogP contribution in [0.15, 0.2) is 0 Å². The monoisotopic (exact) mass is 380 g/mol. The normalized spacial score (nSPS) is 29.4. The number of hydrogen-bond donors (Lipinski definition) is 0. The lowest BCUT2D eigenvalue weighted by atomic mass is 9.83. The van der Waals surface area contributed by atoms with Gasteiger partial charge in [0.2, 0.25) is 0 Å². The van der Waals surface area contributed by atoms with Gasteiger partial charge in [-0.05, 0) is 76.4 Å². The van der Waals surface area contributed by atoms with E-state index in [9.17, 15) is 0 Å². The Morgan fingerprint density at radius 1 is 0.750 bits per heavy atom. The maximum Gasteiger partial charge on any atom is 0.0832 e. The van der Waals surface area contributed by atoms with Gasteiger partial charge < -0.3 is 14.7 Å². The van der Waals surface area contributed by atoms with Crippen LogP contribution in [-0.4, -0.2) is 55.2 Å². The van der Waals surface area contributed by atoms with Crippen LogP contribution >= 0.6 is 0 Å². The molecule has 0 N–H and O–H groups in total. The van der Waals surface area contributed by atoms with Crippen molar-refractivity contribution < 1.29 is 0 Å². The molecule has 2 atom stereocenters. The number of pyridine rings is 1. The molecule has 4 heterocycles. The maximum absolute atomic E-state index is 5.41. The second-order valence-electron chi connectivity index (χ2n) is 9.87. The van der Waals surface area contributed by atoms with Gasteiger partial charge in [0.1, 0.15) is 0 Å². The molecule has 2 unspecified atom stereocenters. The van der Waals surface area contributed by atoms with Crippen molar-refractivity contribution in [3.63, 3.8) is 0 Å². The Bertz CT molecular complexity index is 739. The lowest BCUT2D eigenvalue weighted by Crippen LogP contribution is -2.36. The molecule has 0 radical (unpaired) electrons. The summed E-state index contributed by atoms with van der Waals surface area (Å²) in [4.78, 5) is 13.7. The molecule has 0 bridgehead atoms. The first-order chi connectivity index (χ1) is 13.9. The predicted octanol–water partition coefficient (Wildman–Crippen LogP) is 4.11. The Balaban J connectivity index is 1.42. The van der Waals surface area contributed by atoms with Crippen molar-refractivity contribution in [3.8, 4) is 0 Å². The Kier molecular flexibility index (Phi) is 4.51. The number of aromatic nitrogens is 1. The van der Waals surface area contributed by atoms with Gasteiger partial charge >= 0.3 is 0 Å². The van der Waals surface area contributed by atoms with Gasteiger partial charge in [-0.25, -0.2) is 0 Å². The summed E-state index contributed by atoms with van der Waals surface area (Å²) in [6.07, 6.45) is 14.9. The Morgan fingerprint density at radius 2 is 1.61 bits per heavy atom. The minimum absolute atomic E-state index is 0.716. The molecule has 4 heteroatoms. The fourth-order valence-electron chi connectivity index (χ4n) is 6.90. The van der Waals surface area contributed by atoms with Crippen LogP contribution in [0, 0.1) is 0 Å².